The molecular weight excluding hydrogens is 403 g/mol. The number of halogens is 4. The van der Waals surface area contributed by atoms with Gasteiger partial charge in [-0.3, -0.25) is 9.48 Å². The van der Waals surface area contributed by atoms with E-state index in [-0.39, 0.29) is 10.7 Å². The van der Waals surface area contributed by atoms with E-state index >= 15 is 0 Å². The minimum absolute atomic E-state index is 0.0669. The molecule has 11 heteroatoms. The van der Waals surface area contributed by atoms with Crippen LogP contribution < -0.4 is 5.32 Å². The van der Waals surface area contributed by atoms with Crippen molar-refractivity contribution in [1.29, 1.82) is 0 Å². The zero-order valence-electron chi connectivity index (χ0n) is 14.1. The number of nitrogens with one attached hydrogen (secondary N) is 1. The largest absolute Gasteiger partial charge is 0.418 e. The van der Waals surface area contributed by atoms with E-state index in [2.05, 4.69) is 20.4 Å². The van der Waals surface area contributed by atoms with E-state index in [0.717, 1.165) is 23.9 Å². The molecule has 2 aromatic heterocycles. The Balaban J connectivity index is 1.81. The number of fused-ring (bicyclic) bond motifs is 1. The van der Waals surface area contributed by atoms with Crippen LogP contribution in [0.4, 0.5) is 18.9 Å². The number of hydrogen-bond acceptors (Lipinski definition) is 5. The minimum atomic E-state index is -4.64. The zero-order chi connectivity index (χ0) is 19.8. The number of anilines is 1. The highest BCUT2D eigenvalue weighted by molar-refractivity contribution is 8.00. The first-order valence-corrected chi connectivity index (χ1v) is 8.89. The van der Waals surface area contributed by atoms with Gasteiger partial charge in [-0.05, 0) is 25.1 Å². The van der Waals surface area contributed by atoms with Gasteiger partial charge in [-0.1, -0.05) is 23.4 Å². The second-order valence-corrected chi connectivity index (χ2v) is 7.39. The number of carbonyl (C=O) groups is 1. The lowest BCUT2D eigenvalue weighted by Crippen LogP contribution is -2.24. The molecule has 3 aromatic rings. The number of carbonyl (C=O) groups excluding carboxylic acids is 1. The van der Waals surface area contributed by atoms with Gasteiger partial charge in [-0.2, -0.15) is 18.3 Å². The van der Waals surface area contributed by atoms with Crippen molar-refractivity contribution in [2.75, 3.05) is 5.32 Å². The Kier molecular flexibility index (Phi) is 5.29. The van der Waals surface area contributed by atoms with Crippen LogP contribution in [0.25, 0.3) is 11.0 Å². The number of alkyl halides is 3. The molecule has 1 atom stereocenters. The first-order chi connectivity index (χ1) is 12.7. The number of rotatable bonds is 4. The first kappa shape index (κ1) is 19.4. The monoisotopic (exact) mass is 415 g/mol. The third-order valence-corrected chi connectivity index (χ3v) is 5.05. The fraction of sp³-hybridized carbons (Fsp3) is 0.250. The Morgan fingerprint density at radius 1 is 1.33 bits per heavy atom. The van der Waals surface area contributed by atoms with E-state index in [1.165, 1.54) is 12.4 Å². The molecule has 0 fully saturated rings. The molecule has 142 valence electrons. The molecule has 1 amide bonds. The van der Waals surface area contributed by atoms with Crippen molar-refractivity contribution >= 4 is 46.0 Å². The van der Waals surface area contributed by atoms with Crippen LogP contribution in [0, 0.1) is 0 Å². The highest BCUT2D eigenvalue weighted by Gasteiger charge is 2.34. The molecule has 1 aromatic carbocycles. The summed E-state index contributed by atoms with van der Waals surface area (Å²) in [6, 6.07) is 3.19. The lowest BCUT2D eigenvalue weighted by atomic mass is 10.1. The molecule has 27 heavy (non-hydrogen) atoms. The van der Waals surface area contributed by atoms with Crippen LogP contribution in [0.15, 0.2) is 35.7 Å². The van der Waals surface area contributed by atoms with Gasteiger partial charge < -0.3 is 5.32 Å². The van der Waals surface area contributed by atoms with E-state index in [1.807, 2.05) is 0 Å². The molecule has 0 radical (unpaired) electrons. The van der Waals surface area contributed by atoms with E-state index in [0.29, 0.717) is 16.1 Å². The van der Waals surface area contributed by atoms with Crippen molar-refractivity contribution in [3.05, 3.63) is 41.3 Å². The molecule has 0 spiro atoms. The summed E-state index contributed by atoms with van der Waals surface area (Å²) in [7, 11) is 1.72. The summed E-state index contributed by atoms with van der Waals surface area (Å²) in [5.74, 6) is -0.594. The Labute approximate surface area is 161 Å². The van der Waals surface area contributed by atoms with Gasteiger partial charge in [-0.25, -0.2) is 9.97 Å². The Morgan fingerprint density at radius 2 is 2.07 bits per heavy atom. The molecule has 6 nitrogen and oxygen atoms in total. The average Bonchev–Trinajstić information content (AvgIpc) is 2.98. The number of hydrogen-bond donors (Lipinski definition) is 1. The van der Waals surface area contributed by atoms with E-state index in [4.69, 9.17) is 11.6 Å². The Bertz CT molecular complexity index is 1010. The second kappa shape index (κ2) is 7.35. The van der Waals surface area contributed by atoms with Gasteiger partial charge in [0.25, 0.3) is 0 Å². The van der Waals surface area contributed by atoms with Gasteiger partial charge in [0.15, 0.2) is 5.65 Å². The van der Waals surface area contributed by atoms with Crippen molar-refractivity contribution in [2.45, 2.75) is 23.4 Å². The summed E-state index contributed by atoms with van der Waals surface area (Å²) in [4.78, 5) is 20.7. The van der Waals surface area contributed by atoms with E-state index in [1.54, 1.807) is 24.9 Å². The van der Waals surface area contributed by atoms with Crippen LogP contribution >= 0.6 is 23.4 Å². The number of aryl methyl sites for hydroxylation is 1. The Hall–Kier alpha value is -2.33. The van der Waals surface area contributed by atoms with Crippen molar-refractivity contribution < 1.29 is 18.0 Å². The molecular formula is C16H13ClF3N5OS. The van der Waals surface area contributed by atoms with Gasteiger partial charge in [0, 0.05) is 12.1 Å². The summed E-state index contributed by atoms with van der Waals surface area (Å²) in [5, 5.41) is 6.80. The highest BCUT2D eigenvalue weighted by atomic mass is 35.5. The summed E-state index contributed by atoms with van der Waals surface area (Å²) >= 11 is 6.75. The third kappa shape index (κ3) is 4.16. The molecule has 0 aliphatic carbocycles. The molecule has 2 heterocycles. The number of nitrogens with zero attached hydrogens (tertiary/aromatic N) is 4. The molecule has 0 bridgehead atoms. The minimum Gasteiger partial charge on any atom is -0.325 e. The van der Waals surface area contributed by atoms with Crippen LogP contribution in [-0.4, -0.2) is 30.9 Å². The smallest absolute Gasteiger partial charge is 0.325 e. The first-order valence-electron chi connectivity index (χ1n) is 7.64. The van der Waals surface area contributed by atoms with Crippen LogP contribution in [0.5, 0.6) is 0 Å². The maximum absolute atomic E-state index is 13.2. The van der Waals surface area contributed by atoms with Crippen LogP contribution in [0.2, 0.25) is 5.02 Å². The van der Waals surface area contributed by atoms with Gasteiger partial charge in [0.05, 0.1) is 28.1 Å². The number of benzene rings is 1. The molecule has 3 rings (SSSR count). The molecule has 0 saturated carbocycles. The van der Waals surface area contributed by atoms with Crippen molar-refractivity contribution in [3.63, 3.8) is 0 Å². The highest BCUT2D eigenvalue weighted by Crippen LogP contribution is 2.37. The summed E-state index contributed by atoms with van der Waals surface area (Å²) in [6.45, 7) is 1.58. The topological polar surface area (TPSA) is 72.7 Å². The number of amides is 1. The maximum atomic E-state index is 13.2. The van der Waals surface area contributed by atoms with Gasteiger partial charge >= 0.3 is 6.18 Å². The molecule has 0 aliphatic heterocycles. The SMILES string of the molecule is CC(Sc1ncnc2c1cnn2C)C(=O)Nc1ccc(Cl)cc1C(F)(F)F. The average molecular weight is 416 g/mol. The summed E-state index contributed by atoms with van der Waals surface area (Å²) in [6.07, 6.45) is -1.72. The lowest BCUT2D eigenvalue weighted by Gasteiger charge is -2.16. The number of thioether (sulfide) groups is 1. The number of aromatic nitrogens is 4. The van der Waals surface area contributed by atoms with Crippen molar-refractivity contribution in [2.24, 2.45) is 7.05 Å². The maximum Gasteiger partial charge on any atom is 0.418 e. The molecule has 1 N–H and O–H groups in total. The van der Waals surface area contributed by atoms with E-state index in [9.17, 15) is 18.0 Å². The summed E-state index contributed by atoms with van der Waals surface area (Å²) < 4.78 is 41.1. The van der Waals surface area contributed by atoms with Gasteiger partial charge in [0.1, 0.15) is 11.4 Å². The fourth-order valence-corrected chi connectivity index (χ4v) is 3.40. The lowest BCUT2D eigenvalue weighted by molar-refractivity contribution is -0.137. The summed E-state index contributed by atoms with van der Waals surface area (Å²) in [5.41, 5.74) is -0.757. The van der Waals surface area contributed by atoms with Crippen molar-refractivity contribution in [1.82, 2.24) is 19.7 Å². The molecule has 1 unspecified atom stereocenters. The Morgan fingerprint density at radius 3 is 2.78 bits per heavy atom. The van der Waals surface area contributed by atoms with E-state index < -0.39 is 22.9 Å². The molecule has 0 saturated heterocycles. The molecule has 0 aliphatic rings. The third-order valence-electron chi connectivity index (χ3n) is 3.70. The fourth-order valence-electron chi connectivity index (χ4n) is 2.35. The van der Waals surface area contributed by atoms with Crippen LogP contribution in [0.1, 0.15) is 12.5 Å². The van der Waals surface area contributed by atoms with Crippen molar-refractivity contribution in [3.8, 4) is 0 Å². The standard InChI is InChI=1S/C16H13ClF3N5OS/c1-8(27-15-10-6-23-25(2)13(10)21-7-22-15)14(26)24-12-4-3-9(17)5-11(12)16(18,19)20/h3-8H,1-2H3,(H,24,26). The van der Waals surface area contributed by atoms with Crippen LogP contribution in [0.3, 0.4) is 0 Å². The van der Waals surface area contributed by atoms with Gasteiger partial charge in [-0.15, -0.1) is 0 Å². The predicted octanol–water partition coefficient (Wildman–Crippen LogP) is 4.15. The zero-order valence-corrected chi connectivity index (χ0v) is 15.7. The van der Waals surface area contributed by atoms with Crippen LogP contribution in [-0.2, 0) is 18.0 Å². The normalized spacial score (nSPS) is 13.0. The quantitative estimate of drug-likeness (QED) is 0.512. The second-order valence-electron chi connectivity index (χ2n) is 5.62. The predicted molar refractivity (Wildman–Crippen MR) is 96.7 cm³/mol. The van der Waals surface area contributed by atoms with Gasteiger partial charge in [0.2, 0.25) is 5.91 Å².